The van der Waals surface area contributed by atoms with Crippen molar-refractivity contribution < 1.29 is 14.3 Å². The zero-order valence-corrected chi connectivity index (χ0v) is 12.5. The van der Waals surface area contributed by atoms with Gasteiger partial charge < -0.3 is 9.47 Å². The lowest BCUT2D eigenvalue weighted by molar-refractivity contribution is -0.147. The molecule has 0 N–H and O–H groups in total. The summed E-state index contributed by atoms with van der Waals surface area (Å²) in [5, 5.41) is 4.47. The molecule has 5 heteroatoms. The third-order valence-corrected chi connectivity index (χ3v) is 3.87. The van der Waals surface area contributed by atoms with E-state index in [4.69, 9.17) is 9.47 Å². The molecule has 0 bridgehead atoms. The molecule has 112 valence electrons. The van der Waals surface area contributed by atoms with Crippen LogP contribution < -0.4 is 0 Å². The maximum Gasteiger partial charge on any atom is 0.308 e. The summed E-state index contributed by atoms with van der Waals surface area (Å²) in [5.41, 5.74) is 0.966. The van der Waals surface area contributed by atoms with Crippen molar-refractivity contribution in [1.82, 2.24) is 9.78 Å². The van der Waals surface area contributed by atoms with Gasteiger partial charge in [0.15, 0.2) is 0 Å². The van der Waals surface area contributed by atoms with Gasteiger partial charge in [-0.05, 0) is 45.6 Å². The minimum absolute atomic E-state index is 0.0556. The third kappa shape index (κ3) is 3.82. The summed E-state index contributed by atoms with van der Waals surface area (Å²) in [6.07, 6.45) is 5.78. The molecule has 1 aromatic heterocycles. The number of rotatable bonds is 5. The van der Waals surface area contributed by atoms with E-state index in [0.29, 0.717) is 12.6 Å². The van der Waals surface area contributed by atoms with Gasteiger partial charge >= 0.3 is 5.97 Å². The van der Waals surface area contributed by atoms with Gasteiger partial charge in [0.05, 0.1) is 31.4 Å². The zero-order valence-electron chi connectivity index (χ0n) is 12.5. The van der Waals surface area contributed by atoms with Crippen LogP contribution in [0.25, 0.3) is 0 Å². The molecule has 2 rings (SSSR count). The van der Waals surface area contributed by atoms with Crippen LogP contribution in [0.15, 0.2) is 12.3 Å². The second-order valence-corrected chi connectivity index (χ2v) is 5.69. The van der Waals surface area contributed by atoms with Gasteiger partial charge in [-0.1, -0.05) is 0 Å². The van der Waals surface area contributed by atoms with E-state index in [1.807, 2.05) is 16.9 Å². The molecule has 1 heterocycles. The average molecular weight is 280 g/mol. The van der Waals surface area contributed by atoms with E-state index >= 15 is 0 Å². The third-order valence-electron chi connectivity index (χ3n) is 3.87. The molecule has 0 saturated heterocycles. The molecule has 5 nitrogen and oxygen atoms in total. The van der Waals surface area contributed by atoms with Gasteiger partial charge in [-0.2, -0.15) is 5.10 Å². The van der Waals surface area contributed by atoms with Crippen LogP contribution in [0.5, 0.6) is 0 Å². The molecule has 0 amide bonds. The van der Waals surface area contributed by atoms with Crippen LogP contribution in [-0.4, -0.2) is 29.0 Å². The summed E-state index contributed by atoms with van der Waals surface area (Å²) in [6.45, 7) is 4.75. The first-order valence-corrected chi connectivity index (χ1v) is 7.33. The minimum atomic E-state index is -0.0841. The molecule has 1 saturated carbocycles. The van der Waals surface area contributed by atoms with Crippen LogP contribution >= 0.6 is 0 Å². The lowest BCUT2D eigenvalue weighted by Crippen LogP contribution is -2.26. The van der Waals surface area contributed by atoms with Crippen LogP contribution in [0.2, 0.25) is 0 Å². The fourth-order valence-corrected chi connectivity index (χ4v) is 2.58. The van der Waals surface area contributed by atoms with Crippen LogP contribution in [0, 0.1) is 5.92 Å². The molecule has 0 aromatic carbocycles. The molecule has 0 radical (unpaired) electrons. The SMILES string of the molecule is COC(=O)C1CCC(OCc2ccn(C(C)C)n2)CC1. The highest BCUT2D eigenvalue weighted by molar-refractivity contribution is 5.72. The minimum Gasteiger partial charge on any atom is -0.469 e. The number of nitrogens with zero attached hydrogens (tertiary/aromatic N) is 2. The number of aromatic nitrogens is 2. The summed E-state index contributed by atoms with van der Waals surface area (Å²) >= 11 is 0. The lowest BCUT2D eigenvalue weighted by atomic mass is 9.87. The predicted octanol–water partition coefficient (Wildman–Crippen LogP) is 2.71. The lowest BCUT2D eigenvalue weighted by Gasteiger charge is -2.26. The summed E-state index contributed by atoms with van der Waals surface area (Å²) < 4.78 is 12.6. The Bertz CT molecular complexity index is 434. The maximum atomic E-state index is 11.4. The Balaban J connectivity index is 1.74. The topological polar surface area (TPSA) is 53.4 Å². The summed E-state index contributed by atoms with van der Waals surface area (Å²) in [6, 6.07) is 2.37. The molecular weight excluding hydrogens is 256 g/mol. The van der Waals surface area contributed by atoms with Crippen molar-refractivity contribution in [3.05, 3.63) is 18.0 Å². The Morgan fingerprint density at radius 3 is 2.65 bits per heavy atom. The van der Waals surface area contributed by atoms with Gasteiger partial charge in [0, 0.05) is 12.2 Å². The first kappa shape index (κ1) is 15.0. The van der Waals surface area contributed by atoms with Crippen molar-refractivity contribution in [3.8, 4) is 0 Å². The fraction of sp³-hybridized carbons (Fsp3) is 0.733. The summed E-state index contributed by atoms with van der Waals surface area (Å²) in [4.78, 5) is 11.4. The first-order chi connectivity index (χ1) is 9.60. The van der Waals surface area contributed by atoms with E-state index in [0.717, 1.165) is 31.4 Å². The van der Waals surface area contributed by atoms with Crippen LogP contribution in [0.3, 0.4) is 0 Å². The summed E-state index contributed by atoms with van der Waals surface area (Å²) in [5.74, 6) is -0.0286. The van der Waals surface area contributed by atoms with Crippen molar-refractivity contribution in [1.29, 1.82) is 0 Å². The molecule has 0 aliphatic heterocycles. The first-order valence-electron chi connectivity index (χ1n) is 7.33. The molecule has 0 spiro atoms. The molecule has 1 fully saturated rings. The average Bonchev–Trinajstić information content (AvgIpc) is 2.94. The van der Waals surface area contributed by atoms with E-state index in [1.54, 1.807) is 0 Å². The van der Waals surface area contributed by atoms with E-state index < -0.39 is 0 Å². The molecule has 0 atom stereocenters. The van der Waals surface area contributed by atoms with Gasteiger partial charge in [-0.25, -0.2) is 0 Å². The maximum absolute atomic E-state index is 11.4. The number of esters is 1. The standard InChI is InChI=1S/C15H24N2O3/c1-11(2)17-9-8-13(16-17)10-20-14-6-4-12(5-7-14)15(18)19-3/h8-9,11-12,14H,4-7,10H2,1-3H3. The highest BCUT2D eigenvalue weighted by Crippen LogP contribution is 2.27. The molecule has 0 unspecified atom stereocenters. The fourth-order valence-electron chi connectivity index (χ4n) is 2.58. The largest absolute Gasteiger partial charge is 0.469 e. The molecule has 1 aromatic rings. The van der Waals surface area contributed by atoms with E-state index in [9.17, 15) is 4.79 Å². The van der Waals surface area contributed by atoms with E-state index in [2.05, 4.69) is 18.9 Å². The second-order valence-electron chi connectivity index (χ2n) is 5.69. The van der Waals surface area contributed by atoms with Crippen molar-refractivity contribution in [2.75, 3.05) is 7.11 Å². The van der Waals surface area contributed by atoms with Crippen molar-refractivity contribution in [2.45, 2.75) is 58.3 Å². The van der Waals surface area contributed by atoms with Crippen LogP contribution in [0.4, 0.5) is 0 Å². The number of methoxy groups -OCH3 is 1. The molecule has 1 aliphatic rings. The van der Waals surface area contributed by atoms with E-state index in [-0.39, 0.29) is 18.0 Å². The normalized spacial score (nSPS) is 23.0. The van der Waals surface area contributed by atoms with Crippen molar-refractivity contribution in [2.24, 2.45) is 5.92 Å². The van der Waals surface area contributed by atoms with Gasteiger partial charge in [-0.3, -0.25) is 9.48 Å². The van der Waals surface area contributed by atoms with Gasteiger partial charge in [0.2, 0.25) is 0 Å². The number of carbonyl (C=O) groups is 1. The highest BCUT2D eigenvalue weighted by Gasteiger charge is 2.27. The Kier molecular flexibility index (Phi) is 5.17. The number of carbonyl (C=O) groups excluding carboxylic acids is 1. The number of hydrogen-bond acceptors (Lipinski definition) is 4. The van der Waals surface area contributed by atoms with E-state index in [1.165, 1.54) is 7.11 Å². The Morgan fingerprint density at radius 2 is 2.10 bits per heavy atom. The van der Waals surface area contributed by atoms with Crippen LogP contribution in [-0.2, 0) is 20.9 Å². The molecule has 1 aliphatic carbocycles. The van der Waals surface area contributed by atoms with Crippen molar-refractivity contribution in [3.63, 3.8) is 0 Å². The second kappa shape index (κ2) is 6.88. The van der Waals surface area contributed by atoms with Gasteiger partial charge in [0.25, 0.3) is 0 Å². The predicted molar refractivity (Wildman–Crippen MR) is 75.2 cm³/mol. The zero-order chi connectivity index (χ0) is 14.5. The Morgan fingerprint density at radius 1 is 1.40 bits per heavy atom. The quantitative estimate of drug-likeness (QED) is 0.778. The highest BCUT2D eigenvalue weighted by atomic mass is 16.5. The Hall–Kier alpha value is -1.36. The van der Waals surface area contributed by atoms with Gasteiger partial charge in [-0.15, -0.1) is 0 Å². The smallest absolute Gasteiger partial charge is 0.308 e. The molecule has 20 heavy (non-hydrogen) atoms. The summed E-state index contributed by atoms with van der Waals surface area (Å²) in [7, 11) is 1.45. The van der Waals surface area contributed by atoms with Gasteiger partial charge in [0.1, 0.15) is 0 Å². The monoisotopic (exact) mass is 280 g/mol. The Labute approximate surface area is 120 Å². The number of hydrogen-bond donors (Lipinski definition) is 0. The van der Waals surface area contributed by atoms with Crippen molar-refractivity contribution >= 4 is 5.97 Å². The van der Waals surface area contributed by atoms with Crippen LogP contribution in [0.1, 0.15) is 51.3 Å². The number of ether oxygens (including phenoxy) is 2. The molecular formula is C15H24N2O3.